The van der Waals surface area contributed by atoms with Crippen molar-refractivity contribution in [2.75, 3.05) is 6.54 Å². The van der Waals surface area contributed by atoms with Crippen molar-refractivity contribution in [3.8, 4) is 0 Å². The maximum Gasteiger partial charge on any atom is 0.261 e. The molecule has 1 N–H and O–H groups in total. The summed E-state index contributed by atoms with van der Waals surface area (Å²) in [7, 11) is 0. The molecule has 1 amide bonds. The molecule has 0 spiro atoms. The van der Waals surface area contributed by atoms with Gasteiger partial charge in [-0.2, -0.15) is 0 Å². The molecule has 3 nitrogen and oxygen atoms in total. The fraction of sp³-hybridized carbons (Fsp3) is 0.250. The molecule has 0 radical (unpaired) electrons. The zero-order chi connectivity index (χ0) is 12.3. The van der Waals surface area contributed by atoms with Crippen molar-refractivity contribution in [1.29, 1.82) is 0 Å². The lowest BCUT2D eigenvalue weighted by Gasteiger charge is -2.04. The highest BCUT2D eigenvalue weighted by Gasteiger charge is 2.10. The summed E-state index contributed by atoms with van der Waals surface area (Å²) in [6.07, 6.45) is 3.97. The second kappa shape index (κ2) is 5.51. The third-order valence-electron chi connectivity index (χ3n) is 2.40. The summed E-state index contributed by atoms with van der Waals surface area (Å²) in [6.45, 7) is 3.42. The Morgan fingerprint density at radius 2 is 2.18 bits per heavy atom. The first-order valence-corrected chi connectivity index (χ1v) is 6.92. The van der Waals surface area contributed by atoms with Gasteiger partial charge in [0.25, 0.3) is 5.91 Å². The van der Waals surface area contributed by atoms with Gasteiger partial charge in [-0.25, -0.2) is 0 Å². The van der Waals surface area contributed by atoms with Crippen LogP contribution in [0.4, 0.5) is 0 Å². The van der Waals surface area contributed by atoms with Crippen LogP contribution in [0.1, 0.15) is 15.2 Å². The number of aryl methyl sites for hydroxylation is 1. The number of hydrogen-bond acceptors (Lipinski definition) is 2. The number of carbonyl (C=O) groups excluding carboxylic acids is 1. The third kappa shape index (κ3) is 3.20. The summed E-state index contributed by atoms with van der Waals surface area (Å²) in [5.41, 5.74) is 1.10. The Bertz CT molecular complexity index is 485. The molecule has 0 bridgehead atoms. The Labute approximate surface area is 113 Å². The van der Waals surface area contributed by atoms with Crippen molar-refractivity contribution >= 4 is 33.2 Å². The lowest BCUT2D eigenvalue weighted by molar-refractivity contribution is 0.0956. The van der Waals surface area contributed by atoms with E-state index in [9.17, 15) is 4.79 Å². The summed E-state index contributed by atoms with van der Waals surface area (Å²) in [6, 6.07) is 5.85. The molecule has 2 rings (SSSR count). The molecule has 0 atom stereocenters. The average Bonchev–Trinajstić information content (AvgIpc) is 2.90. The molecule has 0 fully saturated rings. The average molecular weight is 313 g/mol. The normalized spacial score (nSPS) is 10.5. The topological polar surface area (TPSA) is 34.0 Å². The molecule has 90 valence electrons. The van der Waals surface area contributed by atoms with E-state index in [0.29, 0.717) is 6.54 Å². The fourth-order valence-corrected chi connectivity index (χ4v) is 2.93. The summed E-state index contributed by atoms with van der Waals surface area (Å²) in [5.74, 6) is -0.00374. The number of thiophene rings is 1. The van der Waals surface area contributed by atoms with Crippen LogP contribution in [0.2, 0.25) is 0 Å². The SMILES string of the molecule is Cc1cc(C(=O)NCCn2cccc2)sc1Br. The lowest BCUT2D eigenvalue weighted by Crippen LogP contribution is -2.26. The van der Waals surface area contributed by atoms with E-state index in [2.05, 4.69) is 21.2 Å². The number of nitrogens with one attached hydrogen (secondary N) is 1. The zero-order valence-corrected chi connectivity index (χ0v) is 11.8. The molecule has 0 aliphatic carbocycles. The Morgan fingerprint density at radius 1 is 1.47 bits per heavy atom. The Balaban J connectivity index is 1.85. The molecule has 2 aromatic rings. The van der Waals surface area contributed by atoms with Gasteiger partial charge >= 0.3 is 0 Å². The van der Waals surface area contributed by atoms with Crippen LogP contribution in [0.15, 0.2) is 34.4 Å². The minimum absolute atomic E-state index is 0.00374. The molecule has 0 saturated carbocycles. The van der Waals surface area contributed by atoms with Gasteiger partial charge in [0.05, 0.1) is 8.66 Å². The van der Waals surface area contributed by atoms with E-state index in [1.54, 1.807) is 0 Å². The van der Waals surface area contributed by atoms with Gasteiger partial charge in [-0.1, -0.05) is 0 Å². The molecule has 0 saturated heterocycles. The third-order valence-corrected chi connectivity index (χ3v) is 4.54. The first-order chi connectivity index (χ1) is 8.16. The number of aromatic nitrogens is 1. The van der Waals surface area contributed by atoms with E-state index in [1.807, 2.05) is 42.1 Å². The maximum absolute atomic E-state index is 11.8. The van der Waals surface area contributed by atoms with E-state index >= 15 is 0 Å². The van der Waals surface area contributed by atoms with E-state index in [-0.39, 0.29) is 5.91 Å². The standard InChI is InChI=1S/C12H13BrN2OS/c1-9-8-10(17-11(9)13)12(16)14-4-7-15-5-2-3-6-15/h2-3,5-6,8H,4,7H2,1H3,(H,14,16). The molecule has 2 aromatic heterocycles. The molecule has 2 heterocycles. The number of halogens is 1. The second-order valence-corrected chi connectivity index (χ2v) is 6.11. The van der Waals surface area contributed by atoms with Crippen LogP contribution in [0.25, 0.3) is 0 Å². The van der Waals surface area contributed by atoms with Gasteiger partial charge in [0.1, 0.15) is 0 Å². The van der Waals surface area contributed by atoms with Gasteiger partial charge < -0.3 is 9.88 Å². The van der Waals surface area contributed by atoms with Crippen LogP contribution >= 0.6 is 27.3 Å². The quantitative estimate of drug-likeness (QED) is 0.925. The minimum atomic E-state index is -0.00374. The summed E-state index contributed by atoms with van der Waals surface area (Å²) >= 11 is 4.89. The van der Waals surface area contributed by atoms with Crippen LogP contribution in [-0.2, 0) is 6.54 Å². The second-order valence-electron chi connectivity index (χ2n) is 3.74. The first kappa shape index (κ1) is 12.4. The highest BCUT2D eigenvalue weighted by molar-refractivity contribution is 9.11. The van der Waals surface area contributed by atoms with Gasteiger partial charge in [-0.3, -0.25) is 4.79 Å². The van der Waals surface area contributed by atoms with Crippen molar-refractivity contribution in [3.63, 3.8) is 0 Å². The van der Waals surface area contributed by atoms with Crippen LogP contribution in [0, 0.1) is 6.92 Å². The number of rotatable bonds is 4. The van der Waals surface area contributed by atoms with Crippen LogP contribution < -0.4 is 5.32 Å². The van der Waals surface area contributed by atoms with Crippen molar-refractivity contribution in [2.45, 2.75) is 13.5 Å². The van der Waals surface area contributed by atoms with Crippen molar-refractivity contribution in [3.05, 3.63) is 44.8 Å². The molecule has 5 heteroatoms. The Hall–Kier alpha value is -1.07. The molecular weight excluding hydrogens is 300 g/mol. The van der Waals surface area contributed by atoms with Crippen molar-refractivity contribution < 1.29 is 4.79 Å². The van der Waals surface area contributed by atoms with Crippen LogP contribution in [0.3, 0.4) is 0 Å². The van der Waals surface area contributed by atoms with Gasteiger partial charge in [-0.05, 0) is 46.6 Å². The number of hydrogen-bond donors (Lipinski definition) is 1. The minimum Gasteiger partial charge on any atom is -0.353 e. The monoisotopic (exact) mass is 312 g/mol. The van der Waals surface area contributed by atoms with Gasteiger partial charge in [-0.15, -0.1) is 11.3 Å². The summed E-state index contributed by atoms with van der Waals surface area (Å²) in [4.78, 5) is 12.6. The van der Waals surface area contributed by atoms with E-state index in [0.717, 1.165) is 20.8 Å². The van der Waals surface area contributed by atoms with Crippen molar-refractivity contribution in [2.24, 2.45) is 0 Å². The Morgan fingerprint density at radius 3 is 2.76 bits per heavy atom. The fourth-order valence-electron chi connectivity index (χ4n) is 1.48. The molecule has 0 aliphatic heterocycles. The van der Waals surface area contributed by atoms with E-state index in [1.165, 1.54) is 11.3 Å². The lowest BCUT2D eigenvalue weighted by atomic mass is 10.3. The van der Waals surface area contributed by atoms with E-state index in [4.69, 9.17) is 0 Å². The van der Waals surface area contributed by atoms with Gasteiger partial charge in [0.15, 0.2) is 0 Å². The predicted molar refractivity (Wildman–Crippen MR) is 73.5 cm³/mol. The summed E-state index contributed by atoms with van der Waals surface area (Å²) in [5, 5.41) is 2.91. The predicted octanol–water partition coefficient (Wildman–Crippen LogP) is 3.05. The van der Waals surface area contributed by atoms with E-state index < -0.39 is 0 Å². The Kier molecular flexibility index (Phi) is 4.02. The first-order valence-electron chi connectivity index (χ1n) is 5.31. The molecule has 0 unspecified atom stereocenters. The molecule has 0 aliphatic rings. The largest absolute Gasteiger partial charge is 0.353 e. The molecule has 17 heavy (non-hydrogen) atoms. The van der Waals surface area contributed by atoms with Gasteiger partial charge in [0, 0.05) is 25.5 Å². The zero-order valence-electron chi connectivity index (χ0n) is 9.44. The number of nitrogens with zero attached hydrogens (tertiary/aromatic N) is 1. The summed E-state index contributed by atoms with van der Waals surface area (Å²) < 4.78 is 3.06. The van der Waals surface area contributed by atoms with Crippen molar-refractivity contribution in [1.82, 2.24) is 9.88 Å². The maximum atomic E-state index is 11.8. The van der Waals surface area contributed by atoms with Gasteiger partial charge in [0.2, 0.25) is 0 Å². The van der Waals surface area contributed by atoms with Crippen LogP contribution in [0.5, 0.6) is 0 Å². The number of carbonyl (C=O) groups is 1. The highest BCUT2D eigenvalue weighted by atomic mass is 79.9. The highest BCUT2D eigenvalue weighted by Crippen LogP contribution is 2.27. The van der Waals surface area contributed by atoms with Crippen LogP contribution in [-0.4, -0.2) is 17.0 Å². The smallest absolute Gasteiger partial charge is 0.261 e. The molecule has 0 aromatic carbocycles. The molecular formula is C12H13BrN2OS. The number of amides is 1.